The summed E-state index contributed by atoms with van der Waals surface area (Å²) in [6.45, 7) is 0. The second-order valence-electron chi connectivity index (χ2n) is 3.42. The van der Waals surface area contributed by atoms with Gasteiger partial charge in [0.2, 0.25) is 5.56 Å². The minimum atomic E-state index is -0.604. The van der Waals surface area contributed by atoms with Gasteiger partial charge in [-0.25, -0.2) is 0 Å². The number of anilines is 1. The van der Waals surface area contributed by atoms with Gasteiger partial charge >= 0.3 is 0 Å². The molecule has 0 aliphatic carbocycles. The fraction of sp³-hybridized carbons (Fsp3) is 0. The Balaban J connectivity index is 2.21. The van der Waals surface area contributed by atoms with Crippen LogP contribution in [-0.4, -0.2) is 16.8 Å². The van der Waals surface area contributed by atoms with Crippen LogP contribution in [0.25, 0.3) is 0 Å². The molecule has 2 amide bonds. The number of primary amides is 1. The quantitative estimate of drug-likeness (QED) is 0.762. The third-order valence-corrected chi connectivity index (χ3v) is 3.03. The first kappa shape index (κ1) is 12.1. The third-order valence-electron chi connectivity index (χ3n) is 2.20. The number of amides is 2. The number of aromatic nitrogens is 1. The minimum absolute atomic E-state index is 0.262. The molecule has 0 aromatic carbocycles. The van der Waals surface area contributed by atoms with Crippen molar-refractivity contribution in [2.24, 2.45) is 5.73 Å². The highest BCUT2D eigenvalue weighted by Gasteiger charge is 2.13. The fourth-order valence-corrected chi connectivity index (χ4v) is 2.11. The number of carbonyl (C=O) groups excluding carboxylic acids is 2. The summed E-state index contributed by atoms with van der Waals surface area (Å²) in [4.78, 5) is 36.1. The molecule has 0 fully saturated rings. The van der Waals surface area contributed by atoms with E-state index < -0.39 is 11.8 Å². The van der Waals surface area contributed by atoms with Gasteiger partial charge in [0.25, 0.3) is 11.8 Å². The van der Waals surface area contributed by atoms with Gasteiger partial charge in [0, 0.05) is 12.3 Å². The molecule has 0 aliphatic rings. The zero-order valence-corrected chi connectivity index (χ0v) is 9.91. The second-order valence-corrected chi connectivity index (χ2v) is 4.34. The molecule has 92 valence electrons. The van der Waals surface area contributed by atoms with Crippen LogP contribution in [0.1, 0.15) is 20.7 Å². The molecule has 2 rings (SSSR count). The van der Waals surface area contributed by atoms with Crippen molar-refractivity contribution < 1.29 is 9.59 Å². The Labute approximate surface area is 105 Å². The average Bonchev–Trinajstić information content (AvgIpc) is 2.78. The molecule has 0 radical (unpaired) electrons. The molecule has 2 heterocycles. The summed E-state index contributed by atoms with van der Waals surface area (Å²) in [7, 11) is 0. The van der Waals surface area contributed by atoms with E-state index >= 15 is 0 Å². The Morgan fingerprint density at radius 3 is 2.67 bits per heavy atom. The lowest BCUT2D eigenvalue weighted by Gasteiger charge is -2.03. The molecule has 0 bridgehead atoms. The maximum absolute atomic E-state index is 11.8. The third kappa shape index (κ3) is 2.46. The molecule has 2 aromatic rings. The van der Waals surface area contributed by atoms with Crippen LogP contribution in [0.15, 0.2) is 34.6 Å². The summed E-state index contributed by atoms with van der Waals surface area (Å²) in [6, 6.07) is 4.18. The second kappa shape index (κ2) is 4.84. The van der Waals surface area contributed by atoms with Gasteiger partial charge in [-0.1, -0.05) is 0 Å². The van der Waals surface area contributed by atoms with Crippen molar-refractivity contribution in [1.82, 2.24) is 4.98 Å². The number of carbonyl (C=O) groups is 2. The molecule has 0 atom stereocenters. The van der Waals surface area contributed by atoms with Crippen LogP contribution < -0.4 is 16.6 Å². The van der Waals surface area contributed by atoms with Crippen molar-refractivity contribution in [2.45, 2.75) is 0 Å². The number of nitrogens with one attached hydrogen (secondary N) is 2. The minimum Gasteiger partial charge on any atom is -0.366 e. The first-order valence-electron chi connectivity index (χ1n) is 4.95. The largest absolute Gasteiger partial charge is 0.366 e. The van der Waals surface area contributed by atoms with Crippen molar-refractivity contribution in [3.05, 3.63) is 51.3 Å². The van der Waals surface area contributed by atoms with Gasteiger partial charge < -0.3 is 16.0 Å². The molecule has 7 heteroatoms. The summed E-state index contributed by atoms with van der Waals surface area (Å²) in [5.41, 5.74) is 5.42. The van der Waals surface area contributed by atoms with Crippen molar-refractivity contribution in [3.8, 4) is 0 Å². The van der Waals surface area contributed by atoms with Crippen LogP contribution in [0, 0.1) is 0 Å². The number of hydrogen-bond donors (Lipinski definition) is 3. The zero-order chi connectivity index (χ0) is 13.1. The van der Waals surface area contributed by atoms with Gasteiger partial charge in [-0.15, -0.1) is 11.3 Å². The Bertz CT molecular complexity index is 639. The van der Waals surface area contributed by atoms with Gasteiger partial charge in [0.1, 0.15) is 5.00 Å². The topological polar surface area (TPSA) is 105 Å². The van der Waals surface area contributed by atoms with E-state index in [9.17, 15) is 14.4 Å². The number of nitrogens with two attached hydrogens (primary N) is 1. The van der Waals surface area contributed by atoms with Crippen LogP contribution in [0.2, 0.25) is 0 Å². The summed E-state index contributed by atoms with van der Waals surface area (Å²) in [5, 5.41) is 4.61. The monoisotopic (exact) mass is 263 g/mol. The lowest BCUT2D eigenvalue weighted by molar-refractivity contribution is 0.100. The van der Waals surface area contributed by atoms with Crippen LogP contribution in [0.4, 0.5) is 5.00 Å². The van der Waals surface area contributed by atoms with E-state index in [1.54, 1.807) is 5.38 Å². The summed E-state index contributed by atoms with van der Waals surface area (Å²) >= 11 is 1.20. The number of thiophene rings is 1. The van der Waals surface area contributed by atoms with E-state index in [2.05, 4.69) is 10.3 Å². The van der Waals surface area contributed by atoms with E-state index in [-0.39, 0.29) is 11.1 Å². The molecule has 0 spiro atoms. The Morgan fingerprint density at radius 2 is 2.06 bits per heavy atom. The Hall–Kier alpha value is -2.41. The summed E-state index contributed by atoms with van der Waals surface area (Å²) in [5.74, 6) is -1.02. The molecular weight excluding hydrogens is 254 g/mol. The molecule has 0 aliphatic heterocycles. The van der Waals surface area contributed by atoms with Gasteiger partial charge in [-0.05, 0) is 17.5 Å². The van der Waals surface area contributed by atoms with Gasteiger partial charge in [-0.3, -0.25) is 14.4 Å². The molecule has 0 unspecified atom stereocenters. The lowest BCUT2D eigenvalue weighted by atomic mass is 10.2. The average molecular weight is 263 g/mol. The first-order valence-corrected chi connectivity index (χ1v) is 5.83. The molecule has 18 heavy (non-hydrogen) atoms. The van der Waals surface area contributed by atoms with E-state index in [0.717, 1.165) is 0 Å². The number of aromatic amines is 1. The highest BCUT2D eigenvalue weighted by Crippen LogP contribution is 2.23. The summed E-state index contributed by atoms with van der Waals surface area (Å²) < 4.78 is 0. The maximum Gasteiger partial charge on any atom is 0.257 e. The van der Waals surface area contributed by atoms with Gasteiger partial charge in [0.15, 0.2) is 0 Å². The maximum atomic E-state index is 11.8. The lowest BCUT2D eigenvalue weighted by Crippen LogP contribution is -2.17. The van der Waals surface area contributed by atoms with E-state index in [1.165, 1.54) is 35.7 Å². The van der Waals surface area contributed by atoms with E-state index in [1.807, 2.05) is 0 Å². The van der Waals surface area contributed by atoms with Crippen LogP contribution in [0.5, 0.6) is 0 Å². The van der Waals surface area contributed by atoms with E-state index in [0.29, 0.717) is 10.6 Å². The smallest absolute Gasteiger partial charge is 0.257 e. The standard InChI is InChI=1S/C11H9N3O3S/c12-9(16)7-3-4-18-11(7)14-10(17)6-1-2-8(15)13-5-6/h1-5H,(H2,12,16)(H,13,15)(H,14,17). The highest BCUT2D eigenvalue weighted by molar-refractivity contribution is 7.14. The zero-order valence-electron chi connectivity index (χ0n) is 9.10. The predicted octanol–water partition coefficient (Wildman–Crippen LogP) is 0.788. The molecule has 4 N–H and O–H groups in total. The normalized spacial score (nSPS) is 10.0. The van der Waals surface area contributed by atoms with Crippen molar-refractivity contribution >= 4 is 28.2 Å². The number of hydrogen-bond acceptors (Lipinski definition) is 4. The van der Waals surface area contributed by atoms with Crippen LogP contribution in [-0.2, 0) is 0 Å². The molecule has 6 nitrogen and oxygen atoms in total. The summed E-state index contributed by atoms with van der Waals surface area (Å²) in [6.07, 6.45) is 1.30. The van der Waals surface area contributed by atoms with Gasteiger partial charge in [-0.2, -0.15) is 0 Å². The van der Waals surface area contributed by atoms with Crippen LogP contribution >= 0.6 is 11.3 Å². The Kier molecular flexibility index (Phi) is 3.24. The fourth-order valence-electron chi connectivity index (χ4n) is 1.33. The van der Waals surface area contributed by atoms with Crippen LogP contribution in [0.3, 0.4) is 0 Å². The molecular formula is C11H9N3O3S. The van der Waals surface area contributed by atoms with Crippen molar-refractivity contribution in [3.63, 3.8) is 0 Å². The van der Waals surface area contributed by atoms with Crippen molar-refractivity contribution in [1.29, 1.82) is 0 Å². The molecule has 0 saturated carbocycles. The van der Waals surface area contributed by atoms with E-state index in [4.69, 9.17) is 5.73 Å². The predicted molar refractivity (Wildman–Crippen MR) is 67.9 cm³/mol. The van der Waals surface area contributed by atoms with Gasteiger partial charge in [0.05, 0.1) is 11.1 Å². The van der Waals surface area contributed by atoms with Crippen molar-refractivity contribution in [2.75, 3.05) is 5.32 Å². The molecule has 0 saturated heterocycles. The number of pyridine rings is 1. The molecule has 2 aromatic heterocycles. The highest BCUT2D eigenvalue weighted by atomic mass is 32.1. The number of rotatable bonds is 3. The SMILES string of the molecule is NC(=O)c1ccsc1NC(=O)c1ccc(=O)[nH]c1. The Morgan fingerprint density at radius 1 is 1.28 bits per heavy atom. The first-order chi connectivity index (χ1) is 8.58. The number of H-pyrrole nitrogens is 1.